The molecule has 0 aromatic heterocycles. The first-order valence-electron chi connectivity index (χ1n) is 10.6. The van der Waals surface area contributed by atoms with Crippen molar-refractivity contribution in [1.82, 2.24) is 0 Å². The highest BCUT2D eigenvalue weighted by Crippen LogP contribution is 2.31. The fourth-order valence-electron chi connectivity index (χ4n) is 3.12. The average Bonchev–Trinajstić information content (AvgIpc) is 2.74. The van der Waals surface area contributed by atoms with Crippen LogP contribution in [-0.2, 0) is 9.53 Å². The Hall–Kier alpha value is -1.39. The van der Waals surface area contributed by atoms with Gasteiger partial charge < -0.3 is 4.74 Å². The lowest BCUT2D eigenvalue weighted by Crippen LogP contribution is -2.14. The Labute approximate surface area is 185 Å². The van der Waals surface area contributed by atoms with Gasteiger partial charge in [0.05, 0.1) is 13.0 Å². The number of rotatable bonds is 12. The van der Waals surface area contributed by atoms with Gasteiger partial charge in [-0.15, -0.1) is 23.5 Å². The van der Waals surface area contributed by atoms with Gasteiger partial charge >= 0.3 is 5.97 Å². The van der Waals surface area contributed by atoms with E-state index in [2.05, 4.69) is 69.5 Å². The van der Waals surface area contributed by atoms with E-state index in [1.807, 2.05) is 0 Å². The second-order valence-corrected chi connectivity index (χ2v) is 9.51. The monoisotopic (exact) mass is 430 g/mol. The minimum atomic E-state index is -0.0766. The van der Waals surface area contributed by atoms with Crippen molar-refractivity contribution in [3.8, 4) is 11.1 Å². The molecular weight excluding hydrogens is 396 g/mol. The fraction of sp³-hybridized carbons (Fsp3) is 0.480. The molecule has 0 aliphatic rings. The lowest BCUT2D eigenvalue weighted by atomic mass is 10.0. The van der Waals surface area contributed by atoms with Crippen LogP contribution in [0.4, 0.5) is 0 Å². The lowest BCUT2D eigenvalue weighted by molar-refractivity contribution is -0.144. The summed E-state index contributed by atoms with van der Waals surface area (Å²) in [7, 11) is 0. The Kier molecular flexibility index (Phi) is 10.7. The molecule has 0 saturated carbocycles. The zero-order valence-corrected chi connectivity index (χ0v) is 19.8. The molecule has 0 aliphatic heterocycles. The van der Waals surface area contributed by atoms with Gasteiger partial charge in [-0.05, 0) is 54.8 Å². The predicted octanol–water partition coefficient (Wildman–Crippen LogP) is 7.63. The van der Waals surface area contributed by atoms with Crippen molar-refractivity contribution in [2.75, 3.05) is 18.6 Å². The maximum atomic E-state index is 12.1. The Balaban J connectivity index is 1.89. The molecule has 0 radical (unpaired) electrons. The van der Waals surface area contributed by atoms with Crippen molar-refractivity contribution in [3.63, 3.8) is 0 Å². The van der Waals surface area contributed by atoms with Gasteiger partial charge in [-0.1, -0.05) is 62.9 Å². The van der Waals surface area contributed by atoms with Gasteiger partial charge in [0, 0.05) is 15.5 Å². The maximum absolute atomic E-state index is 12.1. The number of esters is 1. The van der Waals surface area contributed by atoms with Gasteiger partial charge in [0.1, 0.15) is 0 Å². The molecule has 0 bridgehead atoms. The van der Waals surface area contributed by atoms with E-state index < -0.39 is 0 Å². The molecule has 0 saturated heterocycles. The van der Waals surface area contributed by atoms with Gasteiger partial charge in [0.2, 0.25) is 0 Å². The third kappa shape index (κ3) is 8.47. The summed E-state index contributed by atoms with van der Waals surface area (Å²) in [6.45, 7) is 7.05. The summed E-state index contributed by atoms with van der Waals surface area (Å²) in [6.07, 6.45) is 7.19. The van der Waals surface area contributed by atoms with Gasteiger partial charge in [-0.2, -0.15) is 0 Å². The average molecular weight is 431 g/mol. The first-order valence-corrected chi connectivity index (χ1v) is 12.8. The van der Waals surface area contributed by atoms with Crippen LogP contribution in [0, 0.1) is 12.8 Å². The molecule has 2 nitrogen and oxygen atoms in total. The number of thioether (sulfide) groups is 2. The van der Waals surface area contributed by atoms with Crippen LogP contribution in [0.5, 0.6) is 0 Å². The minimum Gasteiger partial charge on any atom is -0.465 e. The van der Waals surface area contributed by atoms with E-state index in [4.69, 9.17) is 4.74 Å². The van der Waals surface area contributed by atoms with Crippen molar-refractivity contribution in [2.45, 2.75) is 62.7 Å². The Morgan fingerprint density at radius 2 is 1.76 bits per heavy atom. The highest BCUT2D eigenvalue weighted by atomic mass is 32.2. The molecule has 1 atom stereocenters. The standard InChI is InChI=1S/C25H34O2S2/c1-5-7-8-20(6-2)18-27-25(26)13-14-29-24-16-22(15-23(17-24)28-4)21-11-9-19(3)10-12-21/h9-12,15-17,20H,5-8,13-14,18H2,1-4H3. The summed E-state index contributed by atoms with van der Waals surface area (Å²) < 4.78 is 5.52. The molecule has 4 heteroatoms. The van der Waals surface area contributed by atoms with Crippen LogP contribution in [0.2, 0.25) is 0 Å². The normalized spacial score (nSPS) is 12.0. The van der Waals surface area contributed by atoms with E-state index in [0.717, 1.165) is 18.6 Å². The first-order chi connectivity index (χ1) is 14.0. The van der Waals surface area contributed by atoms with Crippen molar-refractivity contribution < 1.29 is 9.53 Å². The Bertz CT molecular complexity index is 756. The Morgan fingerprint density at radius 1 is 1.03 bits per heavy atom. The van der Waals surface area contributed by atoms with Gasteiger partial charge in [0.25, 0.3) is 0 Å². The topological polar surface area (TPSA) is 26.3 Å². The number of carbonyl (C=O) groups excluding carboxylic acids is 1. The molecule has 158 valence electrons. The third-order valence-electron chi connectivity index (χ3n) is 5.10. The van der Waals surface area contributed by atoms with E-state index in [9.17, 15) is 4.79 Å². The summed E-state index contributed by atoms with van der Waals surface area (Å²) in [5.41, 5.74) is 3.72. The second kappa shape index (κ2) is 13.0. The summed E-state index contributed by atoms with van der Waals surface area (Å²) >= 11 is 3.48. The number of aryl methyl sites for hydroxylation is 1. The molecule has 29 heavy (non-hydrogen) atoms. The molecule has 1 unspecified atom stereocenters. The molecule has 0 amide bonds. The number of benzene rings is 2. The summed E-state index contributed by atoms with van der Waals surface area (Å²) in [4.78, 5) is 14.6. The van der Waals surface area contributed by atoms with Crippen molar-refractivity contribution >= 4 is 29.5 Å². The number of unbranched alkanes of at least 4 members (excludes halogenated alkanes) is 1. The van der Waals surface area contributed by atoms with E-state index >= 15 is 0 Å². The van der Waals surface area contributed by atoms with Crippen LogP contribution in [0.15, 0.2) is 52.3 Å². The largest absolute Gasteiger partial charge is 0.465 e. The smallest absolute Gasteiger partial charge is 0.306 e. The SMILES string of the molecule is CCCCC(CC)COC(=O)CCSc1cc(SC)cc(-c2ccc(C)cc2)c1. The van der Waals surface area contributed by atoms with E-state index in [0.29, 0.717) is 18.9 Å². The van der Waals surface area contributed by atoms with Gasteiger partial charge in [0.15, 0.2) is 0 Å². The minimum absolute atomic E-state index is 0.0766. The van der Waals surface area contributed by atoms with Crippen LogP contribution < -0.4 is 0 Å². The van der Waals surface area contributed by atoms with E-state index in [1.165, 1.54) is 39.3 Å². The van der Waals surface area contributed by atoms with Crippen LogP contribution in [0.25, 0.3) is 11.1 Å². The quantitative estimate of drug-likeness (QED) is 0.255. The van der Waals surface area contributed by atoms with Crippen LogP contribution in [-0.4, -0.2) is 24.6 Å². The predicted molar refractivity (Wildman–Crippen MR) is 128 cm³/mol. The number of carbonyl (C=O) groups is 1. The summed E-state index contributed by atoms with van der Waals surface area (Å²) in [5.74, 6) is 1.17. The van der Waals surface area contributed by atoms with Crippen molar-refractivity contribution in [1.29, 1.82) is 0 Å². The highest BCUT2D eigenvalue weighted by molar-refractivity contribution is 7.99. The molecule has 2 aromatic rings. The molecule has 0 aliphatic carbocycles. The van der Waals surface area contributed by atoms with E-state index in [-0.39, 0.29) is 5.97 Å². The number of ether oxygens (including phenoxy) is 1. The maximum Gasteiger partial charge on any atom is 0.306 e. The number of hydrogen-bond donors (Lipinski definition) is 0. The Morgan fingerprint density at radius 3 is 2.41 bits per heavy atom. The third-order valence-corrected chi connectivity index (χ3v) is 6.78. The first kappa shape index (κ1) is 23.9. The van der Waals surface area contributed by atoms with Crippen molar-refractivity contribution in [2.24, 2.45) is 5.92 Å². The van der Waals surface area contributed by atoms with E-state index in [1.54, 1.807) is 23.5 Å². The van der Waals surface area contributed by atoms with Crippen LogP contribution in [0.1, 0.15) is 51.5 Å². The van der Waals surface area contributed by atoms with Gasteiger partial charge in [-0.25, -0.2) is 0 Å². The molecule has 0 spiro atoms. The van der Waals surface area contributed by atoms with Crippen molar-refractivity contribution in [3.05, 3.63) is 48.0 Å². The second-order valence-electron chi connectivity index (χ2n) is 7.46. The lowest BCUT2D eigenvalue weighted by Gasteiger charge is -2.14. The zero-order chi connectivity index (χ0) is 21.1. The molecule has 0 N–H and O–H groups in total. The molecule has 2 aromatic carbocycles. The molecule has 0 heterocycles. The van der Waals surface area contributed by atoms with Gasteiger partial charge in [-0.3, -0.25) is 4.79 Å². The molecule has 0 fully saturated rings. The fourth-order valence-corrected chi connectivity index (χ4v) is 4.61. The summed E-state index contributed by atoms with van der Waals surface area (Å²) in [6, 6.07) is 15.3. The van der Waals surface area contributed by atoms with Crippen LogP contribution in [0.3, 0.4) is 0 Å². The molecule has 2 rings (SSSR count). The zero-order valence-electron chi connectivity index (χ0n) is 18.2. The molecular formula is C25H34O2S2. The number of hydrogen-bond acceptors (Lipinski definition) is 4. The highest BCUT2D eigenvalue weighted by Gasteiger charge is 2.11. The van der Waals surface area contributed by atoms with Crippen LogP contribution >= 0.6 is 23.5 Å². The summed E-state index contributed by atoms with van der Waals surface area (Å²) in [5, 5.41) is 0.